The van der Waals surface area contributed by atoms with Crippen molar-refractivity contribution in [3.05, 3.63) is 54.1 Å². The molecule has 29 heavy (non-hydrogen) atoms. The summed E-state index contributed by atoms with van der Waals surface area (Å²) in [6.07, 6.45) is 6.60. The molecule has 0 saturated heterocycles. The van der Waals surface area contributed by atoms with Crippen LogP contribution in [0.2, 0.25) is 0 Å². The summed E-state index contributed by atoms with van der Waals surface area (Å²) in [4.78, 5) is 24.1. The summed E-state index contributed by atoms with van der Waals surface area (Å²) in [6, 6.07) is 13.3. The number of rotatable bonds is 12. The molecule has 2 aromatic rings. The van der Waals surface area contributed by atoms with Crippen LogP contribution in [0, 0.1) is 0 Å². The van der Waals surface area contributed by atoms with Gasteiger partial charge in [0, 0.05) is 6.42 Å². The maximum atomic E-state index is 12.3. The first-order chi connectivity index (χ1) is 14.1. The lowest BCUT2D eigenvalue weighted by atomic mass is 10.1. The molecule has 0 heterocycles. The highest BCUT2D eigenvalue weighted by molar-refractivity contribution is 5.91. The van der Waals surface area contributed by atoms with E-state index in [0.29, 0.717) is 30.1 Å². The molecule has 0 amide bonds. The third kappa shape index (κ3) is 8.38. The Hall–Kier alpha value is -2.82. The second-order valence-corrected chi connectivity index (χ2v) is 6.87. The Morgan fingerprint density at radius 2 is 1.28 bits per heavy atom. The van der Waals surface area contributed by atoms with Gasteiger partial charge >= 0.3 is 11.9 Å². The smallest absolute Gasteiger partial charge is 0.343 e. The fourth-order valence-corrected chi connectivity index (χ4v) is 2.64. The summed E-state index contributed by atoms with van der Waals surface area (Å²) in [5.74, 6) is 0.898. The van der Waals surface area contributed by atoms with Crippen LogP contribution in [-0.4, -0.2) is 18.5 Å². The number of esters is 2. The summed E-state index contributed by atoms with van der Waals surface area (Å²) in [6.45, 7) is 4.91. The quantitative estimate of drug-likeness (QED) is 0.251. The zero-order valence-corrected chi connectivity index (χ0v) is 17.3. The van der Waals surface area contributed by atoms with Crippen LogP contribution >= 0.6 is 0 Å². The zero-order chi connectivity index (χ0) is 20.9. The van der Waals surface area contributed by atoms with E-state index in [-0.39, 0.29) is 5.97 Å². The van der Waals surface area contributed by atoms with Crippen molar-refractivity contribution < 1.29 is 23.8 Å². The molecule has 5 heteroatoms. The monoisotopic (exact) mass is 398 g/mol. The van der Waals surface area contributed by atoms with Crippen molar-refractivity contribution in [2.45, 2.75) is 58.8 Å². The minimum atomic E-state index is -0.470. The van der Waals surface area contributed by atoms with Crippen LogP contribution in [0.25, 0.3) is 0 Å². The third-order valence-corrected chi connectivity index (χ3v) is 4.36. The molecular formula is C24H30O5. The van der Waals surface area contributed by atoms with Crippen LogP contribution in [0.15, 0.2) is 48.5 Å². The largest absolute Gasteiger partial charge is 0.494 e. The van der Waals surface area contributed by atoms with Crippen molar-refractivity contribution in [1.82, 2.24) is 0 Å². The summed E-state index contributed by atoms with van der Waals surface area (Å²) in [5, 5.41) is 0. The third-order valence-electron chi connectivity index (χ3n) is 4.36. The van der Waals surface area contributed by atoms with Gasteiger partial charge in [-0.05, 0) is 61.4 Å². The van der Waals surface area contributed by atoms with Crippen molar-refractivity contribution in [2.24, 2.45) is 0 Å². The van der Waals surface area contributed by atoms with Gasteiger partial charge in [0.25, 0.3) is 0 Å². The topological polar surface area (TPSA) is 61.8 Å². The van der Waals surface area contributed by atoms with E-state index in [1.165, 1.54) is 0 Å². The molecule has 0 atom stereocenters. The van der Waals surface area contributed by atoms with E-state index in [0.717, 1.165) is 44.3 Å². The van der Waals surface area contributed by atoms with Crippen LogP contribution in [0.5, 0.6) is 17.2 Å². The maximum absolute atomic E-state index is 12.3. The summed E-state index contributed by atoms with van der Waals surface area (Å²) in [5.41, 5.74) is 0.385. The molecule has 5 nitrogen and oxygen atoms in total. The van der Waals surface area contributed by atoms with E-state index >= 15 is 0 Å². The standard InChI is InChI=1S/C24H30O5/c1-3-5-7-8-9-23(25)28-21-12-10-19(11-13-21)24(26)29-22-16-14-20(15-17-22)27-18-6-4-2/h10-17H,3-9,18H2,1-2H3. The summed E-state index contributed by atoms with van der Waals surface area (Å²) >= 11 is 0. The SMILES string of the molecule is CCCCCCC(=O)Oc1ccc(C(=O)Oc2ccc(OCCCC)cc2)cc1. The molecule has 0 aliphatic rings. The van der Waals surface area contributed by atoms with Crippen molar-refractivity contribution in [3.63, 3.8) is 0 Å². The van der Waals surface area contributed by atoms with Crippen molar-refractivity contribution >= 4 is 11.9 Å². The number of hydrogen-bond acceptors (Lipinski definition) is 5. The van der Waals surface area contributed by atoms with Crippen LogP contribution in [0.3, 0.4) is 0 Å². The Morgan fingerprint density at radius 1 is 0.690 bits per heavy atom. The Morgan fingerprint density at radius 3 is 1.93 bits per heavy atom. The van der Waals surface area contributed by atoms with Gasteiger partial charge in [0.2, 0.25) is 0 Å². The van der Waals surface area contributed by atoms with E-state index in [9.17, 15) is 9.59 Å². The van der Waals surface area contributed by atoms with Gasteiger partial charge < -0.3 is 14.2 Å². The Kier molecular flexibility index (Phi) is 9.76. The number of unbranched alkanes of at least 4 members (excludes halogenated alkanes) is 4. The first-order valence-corrected chi connectivity index (χ1v) is 10.4. The highest BCUT2D eigenvalue weighted by atomic mass is 16.5. The van der Waals surface area contributed by atoms with E-state index in [1.807, 2.05) is 0 Å². The normalized spacial score (nSPS) is 10.4. The minimum Gasteiger partial charge on any atom is -0.494 e. The molecule has 2 rings (SSSR count). The van der Waals surface area contributed by atoms with Gasteiger partial charge in [-0.3, -0.25) is 4.79 Å². The Labute approximate surface area is 173 Å². The van der Waals surface area contributed by atoms with Crippen molar-refractivity contribution in [3.8, 4) is 17.2 Å². The first kappa shape index (κ1) is 22.5. The molecule has 0 saturated carbocycles. The lowest BCUT2D eigenvalue weighted by Gasteiger charge is -2.08. The predicted octanol–water partition coefficient (Wildman–Crippen LogP) is 5.96. The average Bonchev–Trinajstić information content (AvgIpc) is 2.73. The highest BCUT2D eigenvalue weighted by Crippen LogP contribution is 2.20. The molecule has 0 fully saturated rings. The minimum absolute atomic E-state index is 0.252. The molecule has 0 bridgehead atoms. The molecule has 0 aromatic heterocycles. The number of carbonyl (C=O) groups excluding carboxylic acids is 2. The van der Waals surface area contributed by atoms with E-state index in [2.05, 4.69) is 13.8 Å². The van der Waals surface area contributed by atoms with E-state index < -0.39 is 5.97 Å². The number of carbonyl (C=O) groups is 2. The number of ether oxygens (including phenoxy) is 3. The van der Waals surface area contributed by atoms with Gasteiger partial charge in [-0.25, -0.2) is 4.79 Å². The number of benzene rings is 2. The van der Waals surface area contributed by atoms with Gasteiger partial charge in [-0.1, -0.05) is 39.5 Å². The highest BCUT2D eigenvalue weighted by Gasteiger charge is 2.10. The van der Waals surface area contributed by atoms with Gasteiger partial charge in [-0.15, -0.1) is 0 Å². The van der Waals surface area contributed by atoms with E-state index in [4.69, 9.17) is 14.2 Å². The summed E-state index contributed by atoms with van der Waals surface area (Å²) in [7, 11) is 0. The molecule has 0 aliphatic heterocycles. The van der Waals surface area contributed by atoms with Crippen LogP contribution in [0.1, 0.15) is 69.2 Å². The van der Waals surface area contributed by atoms with Crippen molar-refractivity contribution in [2.75, 3.05) is 6.61 Å². The molecule has 0 unspecified atom stereocenters. The molecule has 0 spiro atoms. The van der Waals surface area contributed by atoms with Gasteiger partial charge in [-0.2, -0.15) is 0 Å². The second kappa shape index (κ2) is 12.6. The van der Waals surface area contributed by atoms with Gasteiger partial charge in [0.05, 0.1) is 12.2 Å². The van der Waals surface area contributed by atoms with E-state index in [1.54, 1.807) is 48.5 Å². The van der Waals surface area contributed by atoms with Crippen LogP contribution in [0.4, 0.5) is 0 Å². The van der Waals surface area contributed by atoms with Crippen molar-refractivity contribution in [1.29, 1.82) is 0 Å². The second-order valence-electron chi connectivity index (χ2n) is 6.87. The first-order valence-electron chi connectivity index (χ1n) is 10.4. The van der Waals surface area contributed by atoms with Crippen LogP contribution < -0.4 is 14.2 Å². The predicted molar refractivity (Wildman–Crippen MR) is 113 cm³/mol. The molecule has 156 valence electrons. The van der Waals surface area contributed by atoms with Gasteiger partial charge in [0.1, 0.15) is 17.2 Å². The average molecular weight is 398 g/mol. The number of hydrogen-bond donors (Lipinski definition) is 0. The fraction of sp³-hybridized carbons (Fsp3) is 0.417. The molecule has 2 aromatic carbocycles. The fourth-order valence-electron chi connectivity index (χ4n) is 2.64. The summed E-state index contributed by atoms with van der Waals surface area (Å²) < 4.78 is 16.3. The molecule has 0 aliphatic carbocycles. The lowest BCUT2D eigenvalue weighted by molar-refractivity contribution is -0.134. The van der Waals surface area contributed by atoms with Gasteiger partial charge in [0.15, 0.2) is 0 Å². The molecule has 0 N–H and O–H groups in total. The maximum Gasteiger partial charge on any atom is 0.343 e. The lowest BCUT2D eigenvalue weighted by Crippen LogP contribution is -2.10. The Bertz CT molecular complexity index is 750. The molecular weight excluding hydrogens is 368 g/mol. The van der Waals surface area contributed by atoms with Crippen LogP contribution in [-0.2, 0) is 4.79 Å². The molecule has 0 radical (unpaired) electrons. The zero-order valence-electron chi connectivity index (χ0n) is 17.3. The Balaban J connectivity index is 1.81.